The molecule has 0 radical (unpaired) electrons. The highest BCUT2D eigenvalue weighted by atomic mass is 16.5. The second-order valence-electron chi connectivity index (χ2n) is 4.81. The minimum atomic E-state index is 0.0453. The van der Waals surface area contributed by atoms with Crippen molar-refractivity contribution in [3.8, 4) is 0 Å². The number of guanidine groups is 1. The number of piperazine rings is 1. The second kappa shape index (κ2) is 7.07. The maximum absolute atomic E-state index is 12.3. The lowest BCUT2D eigenvalue weighted by Gasteiger charge is -2.35. The van der Waals surface area contributed by atoms with Gasteiger partial charge in [-0.3, -0.25) is 14.5 Å². The molecule has 2 heterocycles. The molecule has 0 saturated carbocycles. The number of amides is 1. The molecule has 1 aliphatic rings. The largest absolute Gasteiger partial charge is 0.383 e. The van der Waals surface area contributed by atoms with Crippen LogP contribution in [0.4, 0.5) is 5.69 Å². The zero-order chi connectivity index (χ0) is 15.2. The third-order valence-corrected chi connectivity index (χ3v) is 3.32. The van der Waals surface area contributed by atoms with Crippen molar-refractivity contribution in [3.05, 3.63) is 12.4 Å². The summed E-state index contributed by atoms with van der Waals surface area (Å²) in [7, 11) is 5.21. The minimum Gasteiger partial charge on any atom is -0.383 e. The van der Waals surface area contributed by atoms with Crippen LogP contribution in [0.2, 0.25) is 0 Å². The van der Waals surface area contributed by atoms with E-state index in [4.69, 9.17) is 4.74 Å². The van der Waals surface area contributed by atoms with Crippen LogP contribution < -0.4 is 10.2 Å². The van der Waals surface area contributed by atoms with Crippen LogP contribution in [-0.2, 0) is 16.6 Å². The van der Waals surface area contributed by atoms with Crippen LogP contribution in [0.1, 0.15) is 0 Å². The summed E-state index contributed by atoms with van der Waals surface area (Å²) in [6, 6.07) is 0. The Labute approximate surface area is 124 Å². The minimum absolute atomic E-state index is 0.0453. The standard InChI is InChI=1S/C13H22N6O2/c1-14-13(15-4-7-21-3)18-5-6-19(12(20)10-18)11-8-16-17(2)9-11/h8-9H,4-7,10H2,1-3H3,(H,14,15). The van der Waals surface area contributed by atoms with E-state index < -0.39 is 0 Å². The quantitative estimate of drug-likeness (QED) is 0.451. The summed E-state index contributed by atoms with van der Waals surface area (Å²) in [5.74, 6) is 0.773. The number of carbonyl (C=O) groups is 1. The van der Waals surface area contributed by atoms with Crippen molar-refractivity contribution in [1.29, 1.82) is 0 Å². The number of methoxy groups -OCH3 is 1. The van der Waals surface area contributed by atoms with Crippen molar-refractivity contribution in [2.24, 2.45) is 12.0 Å². The summed E-state index contributed by atoms with van der Waals surface area (Å²) in [6.45, 7) is 2.92. The van der Waals surface area contributed by atoms with E-state index in [0.717, 1.165) is 18.2 Å². The summed E-state index contributed by atoms with van der Waals surface area (Å²) < 4.78 is 6.70. The lowest BCUT2D eigenvalue weighted by molar-refractivity contribution is -0.120. The number of nitrogens with zero attached hydrogens (tertiary/aromatic N) is 5. The molecule has 1 aliphatic heterocycles. The first kappa shape index (κ1) is 15.3. The highest BCUT2D eigenvalue weighted by molar-refractivity contribution is 5.98. The summed E-state index contributed by atoms with van der Waals surface area (Å²) in [5, 5.41) is 7.29. The molecule has 0 spiro atoms. The van der Waals surface area contributed by atoms with Gasteiger partial charge in [-0.05, 0) is 0 Å². The number of hydrogen-bond donors (Lipinski definition) is 1. The van der Waals surface area contributed by atoms with Crippen molar-refractivity contribution in [1.82, 2.24) is 20.0 Å². The van der Waals surface area contributed by atoms with E-state index in [1.807, 2.05) is 18.1 Å². The molecular weight excluding hydrogens is 272 g/mol. The van der Waals surface area contributed by atoms with Gasteiger partial charge in [-0.2, -0.15) is 5.10 Å². The summed E-state index contributed by atoms with van der Waals surface area (Å²) >= 11 is 0. The summed E-state index contributed by atoms with van der Waals surface area (Å²) in [5.41, 5.74) is 0.837. The molecule has 1 amide bonds. The molecule has 1 aromatic heterocycles. The molecule has 21 heavy (non-hydrogen) atoms. The molecule has 0 atom stereocenters. The number of aliphatic imine (C=N–C) groups is 1. The van der Waals surface area contributed by atoms with Gasteiger partial charge in [-0.1, -0.05) is 0 Å². The normalized spacial score (nSPS) is 16.5. The number of anilines is 1. The number of nitrogens with one attached hydrogen (secondary N) is 1. The Balaban J connectivity index is 1.95. The number of aromatic nitrogens is 2. The van der Waals surface area contributed by atoms with E-state index in [0.29, 0.717) is 26.2 Å². The van der Waals surface area contributed by atoms with Crippen molar-refractivity contribution < 1.29 is 9.53 Å². The monoisotopic (exact) mass is 294 g/mol. The predicted octanol–water partition coefficient (Wildman–Crippen LogP) is -0.709. The van der Waals surface area contributed by atoms with Crippen LogP contribution in [0.3, 0.4) is 0 Å². The third kappa shape index (κ3) is 3.72. The lowest BCUT2D eigenvalue weighted by atomic mass is 10.3. The van der Waals surface area contributed by atoms with Crippen LogP contribution in [0, 0.1) is 0 Å². The van der Waals surface area contributed by atoms with E-state index in [1.165, 1.54) is 0 Å². The average Bonchev–Trinajstić information content (AvgIpc) is 2.90. The van der Waals surface area contributed by atoms with E-state index in [9.17, 15) is 4.79 Å². The van der Waals surface area contributed by atoms with Gasteiger partial charge in [0, 0.05) is 47.0 Å². The van der Waals surface area contributed by atoms with Gasteiger partial charge in [-0.15, -0.1) is 0 Å². The maximum atomic E-state index is 12.3. The average molecular weight is 294 g/mol. The maximum Gasteiger partial charge on any atom is 0.246 e. The Morgan fingerprint density at radius 2 is 2.33 bits per heavy atom. The predicted molar refractivity (Wildman–Crippen MR) is 80.4 cm³/mol. The van der Waals surface area contributed by atoms with Crippen LogP contribution in [-0.4, -0.2) is 73.5 Å². The van der Waals surface area contributed by atoms with E-state index in [2.05, 4.69) is 15.4 Å². The molecule has 2 rings (SSSR count). The van der Waals surface area contributed by atoms with Crippen molar-refractivity contribution in [2.45, 2.75) is 0 Å². The van der Waals surface area contributed by atoms with Gasteiger partial charge >= 0.3 is 0 Å². The molecule has 1 fully saturated rings. The number of rotatable bonds is 4. The lowest BCUT2D eigenvalue weighted by Crippen LogP contribution is -2.55. The Bertz CT molecular complexity index is 513. The number of ether oxygens (including phenoxy) is 1. The van der Waals surface area contributed by atoms with Gasteiger partial charge in [0.2, 0.25) is 5.91 Å². The van der Waals surface area contributed by atoms with Gasteiger partial charge in [0.25, 0.3) is 0 Å². The molecule has 8 nitrogen and oxygen atoms in total. The van der Waals surface area contributed by atoms with Crippen LogP contribution in [0.15, 0.2) is 17.4 Å². The molecule has 0 aliphatic carbocycles. The number of hydrogen-bond acceptors (Lipinski definition) is 4. The molecule has 0 aromatic carbocycles. The van der Waals surface area contributed by atoms with Crippen molar-refractivity contribution in [2.75, 3.05) is 51.8 Å². The Morgan fingerprint density at radius 3 is 2.90 bits per heavy atom. The smallest absolute Gasteiger partial charge is 0.246 e. The Morgan fingerprint density at radius 1 is 1.52 bits per heavy atom. The topological polar surface area (TPSA) is 75.0 Å². The molecule has 8 heteroatoms. The number of carbonyl (C=O) groups excluding carboxylic acids is 1. The fraction of sp³-hybridized carbons (Fsp3) is 0.615. The van der Waals surface area contributed by atoms with E-state index in [1.54, 1.807) is 29.9 Å². The van der Waals surface area contributed by atoms with Gasteiger partial charge < -0.3 is 19.9 Å². The van der Waals surface area contributed by atoms with Gasteiger partial charge in [0.05, 0.1) is 18.5 Å². The highest BCUT2D eigenvalue weighted by Gasteiger charge is 2.27. The molecule has 116 valence electrons. The first-order valence-corrected chi connectivity index (χ1v) is 6.89. The molecule has 0 bridgehead atoms. The van der Waals surface area contributed by atoms with Crippen LogP contribution in [0.25, 0.3) is 0 Å². The number of aryl methyl sites for hydroxylation is 1. The molecule has 0 unspecified atom stereocenters. The van der Waals surface area contributed by atoms with E-state index >= 15 is 0 Å². The van der Waals surface area contributed by atoms with Crippen LogP contribution in [0.5, 0.6) is 0 Å². The van der Waals surface area contributed by atoms with Gasteiger partial charge in [0.1, 0.15) is 6.54 Å². The highest BCUT2D eigenvalue weighted by Crippen LogP contribution is 2.15. The zero-order valence-electron chi connectivity index (χ0n) is 12.7. The van der Waals surface area contributed by atoms with Crippen LogP contribution >= 0.6 is 0 Å². The summed E-state index contributed by atoms with van der Waals surface area (Å²) in [4.78, 5) is 20.2. The second-order valence-corrected chi connectivity index (χ2v) is 4.81. The Kier molecular flexibility index (Phi) is 5.15. The molecule has 1 saturated heterocycles. The molecule has 1 aromatic rings. The zero-order valence-corrected chi connectivity index (χ0v) is 12.7. The van der Waals surface area contributed by atoms with Crippen molar-refractivity contribution in [3.63, 3.8) is 0 Å². The van der Waals surface area contributed by atoms with Crippen molar-refractivity contribution >= 4 is 17.6 Å². The molecular formula is C13H22N6O2. The first-order chi connectivity index (χ1) is 10.2. The summed E-state index contributed by atoms with van der Waals surface area (Å²) in [6.07, 6.45) is 3.55. The Hall–Kier alpha value is -2.09. The fourth-order valence-electron chi connectivity index (χ4n) is 2.27. The van der Waals surface area contributed by atoms with E-state index in [-0.39, 0.29) is 5.91 Å². The fourth-order valence-corrected chi connectivity index (χ4v) is 2.27. The van der Waals surface area contributed by atoms with Gasteiger partial charge in [0.15, 0.2) is 5.96 Å². The molecule has 1 N–H and O–H groups in total. The SMILES string of the molecule is CN=C(NCCOC)N1CCN(c2cnn(C)c2)C(=O)C1. The third-order valence-electron chi connectivity index (χ3n) is 3.32. The first-order valence-electron chi connectivity index (χ1n) is 6.89. The van der Waals surface area contributed by atoms with Gasteiger partial charge in [-0.25, -0.2) is 0 Å².